The van der Waals surface area contributed by atoms with Gasteiger partial charge in [-0.2, -0.15) is 13.1 Å². The van der Waals surface area contributed by atoms with E-state index in [1.165, 1.54) is 45.6 Å². The predicted octanol–water partition coefficient (Wildman–Crippen LogP) is 3.09. The second-order valence-electron chi connectivity index (χ2n) is 6.03. The van der Waals surface area contributed by atoms with Crippen LogP contribution in [0.15, 0.2) is 53.4 Å². The van der Waals surface area contributed by atoms with E-state index in [1.807, 2.05) is 0 Å². The van der Waals surface area contributed by atoms with Crippen molar-refractivity contribution in [1.82, 2.24) is 9.21 Å². The zero-order valence-electron chi connectivity index (χ0n) is 14.6. The van der Waals surface area contributed by atoms with Crippen LogP contribution in [0, 0.1) is 0 Å². The van der Waals surface area contributed by atoms with Crippen molar-refractivity contribution in [3.8, 4) is 5.75 Å². The van der Waals surface area contributed by atoms with Crippen molar-refractivity contribution in [2.45, 2.75) is 11.5 Å². The molecule has 28 heavy (non-hydrogen) atoms. The Morgan fingerprint density at radius 2 is 1.61 bits per heavy atom. The molecule has 0 N–H and O–H groups in total. The summed E-state index contributed by atoms with van der Waals surface area (Å²) in [7, 11) is -3.75. The molecule has 0 aromatic heterocycles. The van der Waals surface area contributed by atoms with Crippen LogP contribution in [0.3, 0.4) is 0 Å². The number of carbonyl (C=O) groups excluding carboxylic acids is 1. The number of sulfonamides is 1. The van der Waals surface area contributed by atoms with Gasteiger partial charge in [0, 0.05) is 31.7 Å². The molecule has 150 valence electrons. The van der Waals surface area contributed by atoms with Gasteiger partial charge in [0.25, 0.3) is 5.91 Å². The smallest absolute Gasteiger partial charge is 0.387 e. The Kier molecular flexibility index (Phi) is 6.17. The summed E-state index contributed by atoms with van der Waals surface area (Å²) < 4.78 is 55.4. The van der Waals surface area contributed by atoms with E-state index >= 15 is 0 Å². The predicted molar refractivity (Wildman–Crippen MR) is 99.2 cm³/mol. The molecule has 1 aliphatic rings. The van der Waals surface area contributed by atoms with Crippen molar-refractivity contribution < 1.29 is 26.7 Å². The van der Waals surface area contributed by atoms with E-state index in [2.05, 4.69) is 4.74 Å². The first-order valence-corrected chi connectivity index (χ1v) is 10.2. The van der Waals surface area contributed by atoms with Gasteiger partial charge < -0.3 is 9.64 Å². The largest absolute Gasteiger partial charge is 0.435 e. The molecule has 10 heteroatoms. The third kappa shape index (κ3) is 4.43. The summed E-state index contributed by atoms with van der Waals surface area (Å²) in [4.78, 5) is 14.1. The zero-order chi connectivity index (χ0) is 20.3. The number of hydrogen-bond acceptors (Lipinski definition) is 4. The fourth-order valence-corrected chi connectivity index (χ4v) is 4.80. The average Bonchev–Trinajstić information content (AvgIpc) is 2.68. The molecular weight excluding hydrogens is 414 g/mol. The van der Waals surface area contributed by atoms with Gasteiger partial charge in [0.2, 0.25) is 10.0 Å². The molecule has 2 aromatic rings. The van der Waals surface area contributed by atoms with Gasteiger partial charge in [-0.1, -0.05) is 23.7 Å². The van der Waals surface area contributed by atoms with Crippen LogP contribution >= 0.6 is 11.6 Å². The standard InChI is InChI=1S/C18H17ClF2N2O4S/c19-15-3-1-2-4-16(15)28(25,26)23-11-9-22(10-12-23)17(24)13-5-7-14(8-6-13)27-18(20)21/h1-8,18H,9-12H2. The van der Waals surface area contributed by atoms with Gasteiger partial charge in [-0.15, -0.1) is 0 Å². The molecule has 0 saturated carbocycles. The summed E-state index contributed by atoms with van der Waals surface area (Å²) >= 11 is 6.00. The molecule has 3 rings (SSSR count). The van der Waals surface area contributed by atoms with Gasteiger partial charge in [-0.25, -0.2) is 8.42 Å². The summed E-state index contributed by atoms with van der Waals surface area (Å²) in [6.07, 6.45) is 0. The Morgan fingerprint density at radius 1 is 1.00 bits per heavy atom. The van der Waals surface area contributed by atoms with Crippen LogP contribution in [0.1, 0.15) is 10.4 Å². The topological polar surface area (TPSA) is 66.9 Å². The molecule has 1 aliphatic heterocycles. The van der Waals surface area contributed by atoms with Gasteiger partial charge in [0.1, 0.15) is 10.6 Å². The first-order chi connectivity index (χ1) is 13.3. The number of ether oxygens (including phenoxy) is 1. The Hall–Kier alpha value is -2.23. The van der Waals surface area contributed by atoms with E-state index in [4.69, 9.17) is 11.6 Å². The lowest BCUT2D eigenvalue weighted by Crippen LogP contribution is -2.50. The second kappa shape index (κ2) is 8.42. The SMILES string of the molecule is O=C(c1ccc(OC(F)F)cc1)N1CCN(S(=O)(=O)c2ccccc2Cl)CC1. The van der Waals surface area contributed by atoms with Crippen LogP contribution in [0.25, 0.3) is 0 Å². The molecule has 1 amide bonds. The third-order valence-corrected chi connectivity index (χ3v) is 6.71. The van der Waals surface area contributed by atoms with Crippen LogP contribution in [-0.4, -0.2) is 56.3 Å². The minimum absolute atomic E-state index is 0.0334. The lowest BCUT2D eigenvalue weighted by molar-refractivity contribution is -0.0498. The summed E-state index contributed by atoms with van der Waals surface area (Å²) in [6, 6.07) is 11.6. The number of piperazine rings is 1. The first-order valence-electron chi connectivity index (χ1n) is 8.38. The zero-order valence-corrected chi connectivity index (χ0v) is 16.2. The van der Waals surface area contributed by atoms with E-state index in [-0.39, 0.29) is 47.8 Å². The molecule has 1 heterocycles. The van der Waals surface area contributed by atoms with Crippen molar-refractivity contribution in [2.24, 2.45) is 0 Å². The molecule has 0 bridgehead atoms. The lowest BCUT2D eigenvalue weighted by Gasteiger charge is -2.34. The maximum Gasteiger partial charge on any atom is 0.387 e. The molecule has 0 atom stereocenters. The van der Waals surface area contributed by atoms with Crippen LogP contribution in [-0.2, 0) is 10.0 Å². The summed E-state index contributed by atoms with van der Waals surface area (Å²) in [5.74, 6) is -0.347. The van der Waals surface area contributed by atoms with Gasteiger partial charge in [0.15, 0.2) is 0 Å². The summed E-state index contributed by atoms with van der Waals surface area (Å²) in [5, 5.41) is 0.145. The maximum atomic E-state index is 12.7. The molecule has 1 fully saturated rings. The highest BCUT2D eigenvalue weighted by Gasteiger charge is 2.31. The van der Waals surface area contributed by atoms with E-state index in [1.54, 1.807) is 12.1 Å². The molecule has 1 saturated heterocycles. The Bertz CT molecular complexity index is 946. The van der Waals surface area contributed by atoms with Crippen LogP contribution in [0.5, 0.6) is 5.75 Å². The Morgan fingerprint density at radius 3 is 2.18 bits per heavy atom. The van der Waals surface area contributed by atoms with Crippen molar-refractivity contribution in [3.63, 3.8) is 0 Å². The number of benzene rings is 2. The second-order valence-corrected chi connectivity index (χ2v) is 8.34. The van der Waals surface area contributed by atoms with Gasteiger partial charge in [-0.3, -0.25) is 4.79 Å². The quantitative estimate of drug-likeness (QED) is 0.731. The summed E-state index contributed by atoms with van der Waals surface area (Å²) in [5.41, 5.74) is 0.309. The van der Waals surface area contributed by atoms with Gasteiger partial charge in [0.05, 0.1) is 5.02 Å². The Labute approximate surface area is 166 Å². The lowest BCUT2D eigenvalue weighted by atomic mass is 10.2. The van der Waals surface area contributed by atoms with Crippen LogP contribution < -0.4 is 4.74 Å². The first kappa shape index (κ1) is 20.5. The van der Waals surface area contributed by atoms with Crippen molar-refractivity contribution in [1.29, 1.82) is 0 Å². The van der Waals surface area contributed by atoms with Crippen molar-refractivity contribution in [3.05, 3.63) is 59.1 Å². The minimum atomic E-state index is -3.75. The summed E-state index contributed by atoms with van der Waals surface area (Å²) in [6.45, 7) is -2.26. The van der Waals surface area contributed by atoms with Crippen LogP contribution in [0.2, 0.25) is 5.02 Å². The molecular formula is C18H17ClF2N2O4S. The molecule has 2 aromatic carbocycles. The monoisotopic (exact) mass is 430 g/mol. The number of amides is 1. The highest BCUT2D eigenvalue weighted by molar-refractivity contribution is 7.89. The highest BCUT2D eigenvalue weighted by Crippen LogP contribution is 2.25. The van der Waals surface area contributed by atoms with Crippen molar-refractivity contribution in [2.75, 3.05) is 26.2 Å². The Balaban J connectivity index is 1.65. The van der Waals surface area contributed by atoms with E-state index in [0.29, 0.717) is 5.56 Å². The fourth-order valence-electron chi connectivity index (χ4n) is 2.89. The average molecular weight is 431 g/mol. The van der Waals surface area contributed by atoms with Crippen molar-refractivity contribution >= 4 is 27.5 Å². The highest BCUT2D eigenvalue weighted by atomic mass is 35.5. The molecule has 0 spiro atoms. The number of alkyl halides is 2. The van der Waals surface area contributed by atoms with Gasteiger partial charge >= 0.3 is 6.61 Å². The van der Waals surface area contributed by atoms with E-state index < -0.39 is 16.6 Å². The van der Waals surface area contributed by atoms with E-state index in [9.17, 15) is 22.0 Å². The third-order valence-electron chi connectivity index (χ3n) is 4.31. The number of nitrogens with zero attached hydrogens (tertiary/aromatic N) is 2. The molecule has 0 unspecified atom stereocenters. The number of halogens is 3. The number of carbonyl (C=O) groups is 1. The van der Waals surface area contributed by atoms with Gasteiger partial charge in [-0.05, 0) is 36.4 Å². The molecule has 0 radical (unpaired) electrons. The maximum absolute atomic E-state index is 12.7. The molecule has 0 aliphatic carbocycles. The minimum Gasteiger partial charge on any atom is -0.435 e. The number of rotatable bonds is 5. The normalized spacial score (nSPS) is 15.6. The van der Waals surface area contributed by atoms with E-state index in [0.717, 1.165) is 0 Å². The fraction of sp³-hybridized carbons (Fsp3) is 0.278. The molecule has 6 nitrogen and oxygen atoms in total. The van der Waals surface area contributed by atoms with Crippen LogP contribution in [0.4, 0.5) is 8.78 Å². The number of hydrogen-bond donors (Lipinski definition) is 0.